The number of ether oxygens (including phenoxy) is 1. The van der Waals surface area contributed by atoms with Crippen molar-refractivity contribution in [3.05, 3.63) is 83.7 Å². The molecule has 3 atom stereocenters. The third-order valence-electron chi connectivity index (χ3n) is 7.15. The molecule has 10 nitrogen and oxygen atoms in total. The Morgan fingerprint density at radius 1 is 1.12 bits per heavy atom. The number of aromatic nitrogens is 1. The number of likely N-dealkylation sites (N-methyl/N-ethyl adjacent to an activating group) is 1. The van der Waals surface area contributed by atoms with Crippen molar-refractivity contribution in [2.75, 3.05) is 37.4 Å². The average Bonchev–Trinajstić information content (AvgIpc) is 2.99. The number of hydrogen-bond donors (Lipinski definition) is 3. The molecule has 0 bridgehead atoms. The zero-order valence-electron chi connectivity index (χ0n) is 23.8. The van der Waals surface area contributed by atoms with E-state index in [1.54, 1.807) is 25.1 Å². The van der Waals surface area contributed by atoms with Crippen molar-refractivity contribution in [2.45, 2.75) is 32.2 Å². The number of carbonyl (C=O) groups is 3. The average molecular weight is 600 g/mol. The highest BCUT2D eigenvalue weighted by Crippen LogP contribution is 2.35. The monoisotopic (exact) mass is 599 g/mol. The van der Waals surface area contributed by atoms with Crippen LogP contribution in [-0.4, -0.2) is 76.6 Å². The number of urea groups is 1. The Bertz CT molecular complexity index is 1450. The van der Waals surface area contributed by atoms with Crippen LogP contribution in [0.2, 0.25) is 0 Å². The fourth-order valence-corrected chi connectivity index (χ4v) is 4.57. The predicted molar refractivity (Wildman–Crippen MR) is 153 cm³/mol. The molecule has 0 saturated heterocycles. The van der Waals surface area contributed by atoms with E-state index >= 15 is 0 Å². The van der Waals surface area contributed by atoms with Crippen LogP contribution in [0.1, 0.15) is 40.1 Å². The summed E-state index contributed by atoms with van der Waals surface area (Å²) in [6.45, 7) is 3.48. The maximum atomic E-state index is 13.6. The molecule has 1 aromatic heterocycles. The van der Waals surface area contributed by atoms with Crippen molar-refractivity contribution in [1.82, 2.24) is 14.8 Å². The molecule has 2 heterocycles. The second-order valence-corrected chi connectivity index (χ2v) is 10.4. The summed E-state index contributed by atoms with van der Waals surface area (Å²) in [4.78, 5) is 46.4. The van der Waals surface area contributed by atoms with Gasteiger partial charge in [-0.2, -0.15) is 13.2 Å². The summed E-state index contributed by atoms with van der Waals surface area (Å²) >= 11 is 0. The minimum absolute atomic E-state index is 0.0231. The third-order valence-corrected chi connectivity index (χ3v) is 7.15. The van der Waals surface area contributed by atoms with Crippen LogP contribution in [0.5, 0.6) is 5.75 Å². The highest BCUT2D eigenvalue weighted by molar-refractivity contribution is 6.07. The largest absolute Gasteiger partial charge is 0.485 e. The third kappa shape index (κ3) is 7.41. The van der Waals surface area contributed by atoms with Gasteiger partial charge >= 0.3 is 12.2 Å². The zero-order valence-corrected chi connectivity index (χ0v) is 23.8. The van der Waals surface area contributed by atoms with E-state index < -0.39 is 41.7 Å². The number of fused-ring (bicyclic) bond motifs is 1. The SMILES string of the molecule is C[C@@H]1CN([C@H](C)CO)C(=O)c2cccc(NC(=O)c3ccncc3)c2O[C@H]1CN(C)C(=O)Nc1ccc(C(F)(F)F)cc1. The topological polar surface area (TPSA) is 124 Å². The summed E-state index contributed by atoms with van der Waals surface area (Å²) < 4.78 is 45.1. The minimum Gasteiger partial charge on any atom is -0.485 e. The number of carbonyl (C=O) groups excluding carboxylic acids is 3. The number of para-hydroxylation sites is 1. The van der Waals surface area contributed by atoms with E-state index in [9.17, 15) is 32.7 Å². The molecule has 3 N–H and O–H groups in total. The van der Waals surface area contributed by atoms with E-state index in [4.69, 9.17) is 4.74 Å². The van der Waals surface area contributed by atoms with Crippen LogP contribution in [0.15, 0.2) is 67.0 Å². The van der Waals surface area contributed by atoms with E-state index in [1.807, 2.05) is 6.92 Å². The molecule has 43 heavy (non-hydrogen) atoms. The number of anilines is 2. The minimum atomic E-state index is -4.50. The van der Waals surface area contributed by atoms with Gasteiger partial charge in [-0.3, -0.25) is 14.6 Å². The number of alkyl halides is 3. The molecule has 228 valence electrons. The van der Waals surface area contributed by atoms with Crippen LogP contribution >= 0.6 is 0 Å². The standard InChI is InChI=1S/C30H32F3N5O5/c1-18-15-38(19(2)17-39)28(41)23-5-4-6-24(36-27(40)20-11-13-34-14-12-20)26(23)43-25(18)16-37(3)29(42)35-22-9-7-21(8-10-22)30(31,32)33/h4-14,18-19,25,39H,15-17H2,1-3H3,(H,35,42)(H,36,40)/t18-,19-,25+/m1/s1. The van der Waals surface area contributed by atoms with Gasteiger partial charge in [0.2, 0.25) is 0 Å². The molecule has 1 aliphatic heterocycles. The molecule has 4 amide bonds. The quantitative estimate of drug-likeness (QED) is 0.361. The molecule has 0 saturated carbocycles. The first-order valence-corrected chi connectivity index (χ1v) is 13.5. The number of benzene rings is 2. The second-order valence-electron chi connectivity index (χ2n) is 10.4. The maximum absolute atomic E-state index is 13.6. The van der Waals surface area contributed by atoms with Crippen molar-refractivity contribution in [1.29, 1.82) is 0 Å². The van der Waals surface area contributed by atoms with Crippen LogP contribution < -0.4 is 15.4 Å². The molecule has 0 radical (unpaired) electrons. The van der Waals surface area contributed by atoms with Crippen molar-refractivity contribution >= 4 is 29.2 Å². The van der Waals surface area contributed by atoms with Crippen molar-refractivity contribution < 1.29 is 37.4 Å². The van der Waals surface area contributed by atoms with E-state index in [0.717, 1.165) is 24.3 Å². The van der Waals surface area contributed by atoms with E-state index in [-0.39, 0.29) is 48.3 Å². The molecule has 0 aliphatic carbocycles. The number of amides is 4. The highest BCUT2D eigenvalue weighted by atomic mass is 19.4. The number of nitrogens with zero attached hydrogens (tertiary/aromatic N) is 3. The Kier molecular flexibility index (Phi) is 9.54. The van der Waals surface area contributed by atoms with Gasteiger partial charge in [-0.1, -0.05) is 13.0 Å². The van der Waals surface area contributed by atoms with Crippen LogP contribution in [-0.2, 0) is 6.18 Å². The van der Waals surface area contributed by atoms with Crippen molar-refractivity contribution in [3.8, 4) is 5.75 Å². The Morgan fingerprint density at radius 2 is 1.79 bits per heavy atom. The second kappa shape index (κ2) is 13.1. The van der Waals surface area contributed by atoms with Crippen molar-refractivity contribution in [3.63, 3.8) is 0 Å². The molecular formula is C30H32F3N5O5. The Balaban J connectivity index is 1.61. The Morgan fingerprint density at radius 3 is 2.42 bits per heavy atom. The summed E-state index contributed by atoms with van der Waals surface area (Å²) in [5.74, 6) is -1.09. The summed E-state index contributed by atoms with van der Waals surface area (Å²) in [6.07, 6.45) is -2.24. The number of rotatable bonds is 7. The van der Waals surface area contributed by atoms with Crippen LogP contribution in [0, 0.1) is 5.92 Å². The lowest BCUT2D eigenvalue weighted by Crippen LogP contribution is -2.50. The number of pyridine rings is 1. The van der Waals surface area contributed by atoms with Gasteiger partial charge in [0.1, 0.15) is 6.10 Å². The van der Waals surface area contributed by atoms with Gasteiger partial charge in [0.05, 0.1) is 36.0 Å². The number of halogens is 3. The predicted octanol–water partition coefficient (Wildman–Crippen LogP) is 4.74. The van der Waals surface area contributed by atoms with E-state index in [1.165, 1.54) is 41.4 Å². The van der Waals surface area contributed by atoms with Gasteiger partial charge in [-0.15, -0.1) is 0 Å². The molecule has 0 unspecified atom stereocenters. The number of nitrogens with one attached hydrogen (secondary N) is 2. The van der Waals surface area contributed by atoms with E-state index in [0.29, 0.717) is 5.56 Å². The molecule has 0 spiro atoms. The first-order chi connectivity index (χ1) is 20.4. The summed E-state index contributed by atoms with van der Waals surface area (Å²) in [6, 6.07) is 10.8. The van der Waals surface area contributed by atoms with Gasteiger partial charge in [0.15, 0.2) is 5.75 Å². The molecule has 2 aromatic carbocycles. The Labute approximate surface area is 246 Å². The van der Waals surface area contributed by atoms with Gasteiger partial charge in [0.25, 0.3) is 11.8 Å². The van der Waals surface area contributed by atoms with Gasteiger partial charge in [-0.05, 0) is 55.5 Å². The molecule has 0 fully saturated rings. The van der Waals surface area contributed by atoms with Crippen LogP contribution in [0.3, 0.4) is 0 Å². The maximum Gasteiger partial charge on any atom is 0.416 e. The summed E-state index contributed by atoms with van der Waals surface area (Å²) in [5, 5.41) is 15.2. The lowest BCUT2D eigenvalue weighted by molar-refractivity contribution is -0.137. The normalized spacial score (nSPS) is 17.6. The van der Waals surface area contributed by atoms with Gasteiger partial charge in [-0.25, -0.2) is 4.79 Å². The highest BCUT2D eigenvalue weighted by Gasteiger charge is 2.35. The number of hydrogen-bond acceptors (Lipinski definition) is 6. The fraction of sp³-hybridized carbons (Fsp3) is 0.333. The summed E-state index contributed by atoms with van der Waals surface area (Å²) in [5.41, 5.74) is 0.0838. The zero-order chi connectivity index (χ0) is 31.3. The molecule has 4 rings (SSSR count). The first-order valence-electron chi connectivity index (χ1n) is 13.5. The van der Waals surface area contributed by atoms with Gasteiger partial charge in [0, 0.05) is 43.2 Å². The molecule has 1 aliphatic rings. The lowest BCUT2D eigenvalue weighted by atomic mass is 9.99. The van der Waals surface area contributed by atoms with Crippen molar-refractivity contribution in [2.24, 2.45) is 5.92 Å². The molecular weight excluding hydrogens is 567 g/mol. The lowest BCUT2D eigenvalue weighted by Gasteiger charge is -2.38. The molecule has 13 heteroatoms. The number of aliphatic hydroxyl groups excluding tert-OH is 1. The van der Waals surface area contributed by atoms with Gasteiger partial charge < -0.3 is 30.3 Å². The Hall–Kier alpha value is -4.65. The number of aliphatic hydroxyl groups is 1. The molecule has 3 aromatic rings. The summed E-state index contributed by atoms with van der Waals surface area (Å²) in [7, 11) is 1.51. The van der Waals surface area contributed by atoms with E-state index in [2.05, 4.69) is 15.6 Å². The fourth-order valence-electron chi connectivity index (χ4n) is 4.57. The van der Waals surface area contributed by atoms with Crippen LogP contribution in [0.25, 0.3) is 0 Å². The first kappa shape index (κ1) is 31.3. The smallest absolute Gasteiger partial charge is 0.416 e. The van der Waals surface area contributed by atoms with Crippen LogP contribution in [0.4, 0.5) is 29.3 Å².